The zero-order valence-corrected chi connectivity index (χ0v) is 46.3. The monoisotopic (exact) mass is 996 g/mol. The van der Waals surface area contributed by atoms with E-state index in [4.69, 9.17) is 17.5 Å². The van der Waals surface area contributed by atoms with Crippen LogP contribution in [-0.4, -0.2) is 22.1 Å². The van der Waals surface area contributed by atoms with Crippen LogP contribution >= 0.6 is 46.1 Å². The van der Waals surface area contributed by atoms with Gasteiger partial charge in [0, 0.05) is 43.8 Å². The average molecular weight is 997 g/mol. The normalized spacial score (nSPS) is 14.5. The molecule has 0 amide bonds. The number of unbranched alkanes of at least 4 members (excludes halogenated alkanes) is 15. The van der Waals surface area contributed by atoms with E-state index in [0.29, 0.717) is 0 Å². The SMILES string of the molecule is CCCCCCn1c2cc(C)sc2c2sc(-c3cc4c(c5nsnc35)-c3cc5c(cc3C4(CCCCCC)CCCCCC)-c3c(cc(C)c4nsnc34)C5(CCCCCC)CCCCCC)cc21. The minimum atomic E-state index is -0.116. The average Bonchev–Trinajstić information content (AvgIpc) is 4.23. The number of hydrogen-bond acceptors (Lipinski definition) is 8. The highest BCUT2D eigenvalue weighted by Crippen LogP contribution is 2.63. The first-order valence-electron chi connectivity index (χ1n) is 27.6. The van der Waals surface area contributed by atoms with Gasteiger partial charge >= 0.3 is 0 Å². The molecule has 8 aromatic rings. The van der Waals surface area contributed by atoms with Crippen LogP contribution in [0.25, 0.3) is 75.2 Å². The molecule has 0 bridgehead atoms. The molecule has 0 saturated carbocycles. The minimum absolute atomic E-state index is 0.0598. The van der Waals surface area contributed by atoms with Gasteiger partial charge in [-0.2, -0.15) is 17.5 Å². The van der Waals surface area contributed by atoms with Gasteiger partial charge in [-0.15, -0.1) is 22.7 Å². The molecule has 5 nitrogen and oxygen atoms in total. The quantitative estimate of drug-likeness (QED) is 0.0507. The van der Waals surface area contributed by atoms with Crippen molar-refractivity contribution >= 4 is 88.6 Å². The number of benzene rings is 3. The lowest BCUT2D eigenvalue weighted by Gasteiger charge is -2.35. The maximum Gasteiger partial charge on any atom is 0.114 e. The Kier molecular flexibility index (Phi) is 15.2. The molecule has 0 aliphatic heterocycles. The molecule has 0 N–H and O–H groups in total. The van der Waals surface area contributed by atoms with Crippen molar-refractivity contribution in [2.45, 2.75) is 220 Å². The first-order chi connectivity index (χ1) is 33.8. The highest BCUT2D eigenvalue weighted by atomic mass is 32.1. The van der Waals surface area contributed by atoms with Crippen molar-refractivity contribution < 1.29 is 0 Å². The predicted molar refractivity (Wildman–Crippen MR) is 304 cm³/mol. The summed E-state index contributed by atoms with van der Waals surface area (Å²) < 4.78 is 26.4. The fourth-order valence-corrected chi connectivity index (χ4v) is 16.7. The Morgan fingerprint density at radius 1 is 0.420 bits per heavy atom. The van der Waals surface area contributed by atoms with Crippen LogP contribution in [0.5, 0.6) is 0 Å². The molecule has 69 heavy (non-hydrogen) atoms. The van der Waals surface area contributed by atoms with E-state index < -0.39 is 0 Å². The van der Waals surface area contributed by atoms with Gasteiger partial charge in [0.25, 0.3) is 0 Å². The number of thiophene rings is 2. The van der Waals surface area contributed by atoms with Crippen LogP contribution in [0.2, 0.25) is 0 Å². The summed E-state index contributed by atoms with van der Waals surface area (Å²) >= 11 is 6.80. The molecule has 0 unspecified atom stereocenters. The molecule has 2 aliphatic carbocycles. The molecule has 0 fully saturated rings. The molecular formula is C60H77N5S4. The molecule has 366 valence electrons. The Hall–Kier alpha value is -3.50. The highest BCUT2D eigenvalue weighted by molar-refractivity contribution is 7.29. The summed E-state index contributed by atoms with van der Waals surface area (Å²) in [6.45, 7) is 17.4. The van der Waals surface area contributed by atoms with Crippen LogP contribution in [0.4, 0.5) is 0 Å². The second-order valence-electron chi connectivity index (χ2n) is 21.3. The number of fused-ring (bicyclic) bond motifs is 13. The predicted octanol–water partition coefficient (Wildman–Crippen LogP) is 20.2. The lowest BCUT2D eigenvalue weighted by molar-refractivity contribution is 0.397. The van der Waals surface area contributed by atoms with Crippen LogP contribution in [0, 0.1) is 13.8 Å². The molecule has 2 aliphatic rings. The number of nitrogens with zero attached hydrogens (tertiary/aromatic N) is 5. The van der Waals surface area contributed by atoms with Crippen molar-refractivity contribution in [3.8, 4) is 32.7 Å². The van der Waals surface area contributed by atoms with Crippen molar-refractivity contribution in [2.24, 2.45) is 0 Å². The molecule has 0 spiro atoms. The van der Waals surface area contributed by atoms with E-state index in [1.54, 1.807) is 11.1 Å². The van der Waals surface area contributed by atoms with Gasteiger partial charge in [-0.3, -0.25) is 0 Å². The molecule has 5 aromatic heterocycles. The highest BCUT2D eigenvalue weighted by Gasteiger charge is 2.50. The maximum atomic E-state index is 5.40. The standard InChI is InChI=1S/C60H77N5S4/c1-8-13-18-23-28-59(29-24-19-14-9-2)44-36-42-45(35-41(44)51-46(59)33-39(6)53-55(51)63-68-61-53)60(30-25-20-15-10-3,31-26-21-16-11-4)47-37-43(54-56(52(42)47)64-69-62-54)50-38-49-58(67-50)57-48(34-40(7)66-57)65(49)32-27-22-17-12-5/h33-38H,8-32H2,1-7H3. The zero-order chi connectivity index (χ0) is 47.7. The third-order valence-electron chi connectivity index (χ3n) is 16.7. The van der Waals surface area contributed by atoms with E-state index in [1.165, 1.54) is 252 Å². The van der Waals surface area contributed by atoms with Crippen LogP contribution in [0.15, 0.2) is 36.4 Å². The van der Waals surface area contributed by atoms with E-state index in [-0.39, 0.29) is 10.8 Å². The third-order valence-corrected chi connectivity index (χ3v) is 20.1. The van der Waals surface area contributed by atoms with E-state index in [2.05, 4.69) is 89.4 Å². The van der Waals surface area contributed by atoms with Crippen molar-refractivity contribution in [3.05, 3.63) is 69.1 Å². The Morgan fingerprint density at radius 3 is 1.39 bits per heavy atom. The molecule has 3 aromatic carbocycles. The molecule has 0 atom stereocenters. The van der Waals surface area contributed by atoms with Crippen LogP contribution in [-0.2, 0) is 17.4 Å². The van der Waals surface area contributed by atoms with E-state index >= 15 is 0 Å². The Morgan fingerprint density at radius 2 is 0.855 bits per heavy atom. The van der Waals surface area contributed by atoms with Crippen molar-refractivity contribution in [1.82, 2.24) is 22.1 Å². The van der Waals surface area contributed by atoms with E-state index in [1.807, 2.05) is 22.7 Å². The Balaban J connectivity index is 1.22. The largest absolute Gasteiger partial charge is 0.339 e. The molecule has 5 heterocycles. The fraction of sp³-hybridized carbons (Fsp3) is 0.567. The number of aromatic nitrogens is 5. The summed E-state index contributed by atoms with van der Waals surface area (Å²) in [7, 11) is 0. The minimum Gasteiger partial charge on any atom is -0.339 e. The van der Waals surface area contributed by atoms with Crippen LogP contribution < -0.4 is 0 Å². The van der Waals surface area contributed by atoms with E-state index in [0.717, 1.165) is 28.6 Å². The van der Waals surface area contributed by atoms with Gasteiger partial charge in [0.2, 0.25) is 0 Å². The van der Waals surface area contributed by atoms with E-state index in [9.17, 15) is 0 Å². The van der Waals surface area contributed by atoms with Gasteiger partial charge < -0.3 is 4.57 Å². The smallest absolute Gasteiger partial charge is 0.114 e. The van der Waals surface area contributed by atoms with Gasteiger partial charge in [-0.05, 0) is 115 Å². The summed E-state index contributed by atoms with van der Waals surface area (Å²) in [5, 5.41) is 0. The van der Waals surface area contributed by atoms with Crippen molar-refractivity contribution in [2.75, 3.05) is 0 Å². The van der Waals surface area contributed by atoms with Crippen molar-refractivity contribution in [3.63, 3.8) is 0 Å². The van der Waals surface area contributed by atoms with Gasteiger partial charge in [0.05, 0.1) is 43.9 Å². The zero-order valence-electron chi connectivity index (χ0n) is 43.0. The summed E-state index contributed by atoms with van der Waals surface area (Å²) in [6.07, 6.45) is 30.0. The lowest BCUT2D eigenvalue weighted by Crippen LogP contribution is -2.27. The van der Waals surface area contributed by atoms with Gasteiger partial charge in [0.15, 0.2) is 0 Å². The second kappa shape index (κ2) is 21.3. The summed E-state index contributed by atoms with van der Waals surface area (Å²) in [6, 6.07) is 15.8. The van der Waals surface area contributed by atoms with Gasteiger partial charge in [0.1, 0.15) is 22.1 Å². The molecular weight excluding hydrogens is 919 g/mol. The summed E-state index contributed by atoms with van der Waals surface area (Å²) in [4.78, 5) is 2.75. The topological polar surface area (TPSA) is 56.5 Å². The van der Waals surface area contributed by atoms with Crippen molar-refractivity contribution in [1.29, 1.82) is 0 Å². The maximum absolute atomic E-state index is 5.40. The molecule has 9 heteroatoms. The Labute approximate surface area is 429 Å². The Bertz CT molecular complexity index is 3040. The number of aryl methyl sites for hydroxylation is 3. The first-order valence-corrected chi connectivity index (χ1v) is 30.7. The molecule has 10 rings (SSSR count). The summed E-state index contributed by atoms with van der Waals surface area (Å²) in [5.41, 5.74) is 21.5. The first kappa shape index (κ1) is 49.1. The fourth-order valence-electron chi connectivity index (χ4n) is 13.2. The van der Waals surface area contributed by atoms with Gasteiger partial charge in [-0.25, -0.2) is 0 Å². The number of hydrogen-bond donors (Lipinski definition) is 0. The van der Waals surface area contributed by atoms with Gasteiger partial charge in [-0.1, -0.05) is 163 Å². The van der Waals surface area contributed by atoms with Crippen LogP contribution in [0.1, 0.15) is 221 Å². The molecule has 0 radical (unpaired) electrons. The third kappa shape index (κ3) is 8.67. The number of rotatable bonds is 26. The summed E-state index contributed by atoms with van der Waals surface area (Å²) in [5.74, 6) is 0. The lowest BCUT2D eigenvalue weighted by atomic mass is 9.68. The van der Waals surface area contributed by atoms with Crippen LogP contribution in [0.3, 0.4) is 0 Å². The molecule has 0 saturated heterocycles. The second-order valence-corrected chi connectivity index (χ2v) is 24.7.